The third kappa shape index (κ3) is 5.61. The Balaban J connectivity index is 1.96. The molecule has 0 unspecified atom stereocenters. The van der Waals surface area contributed by atoms with E-state index in [9.17, 15) is 18.8 Å². The molecule has 0 saturated carbocycles. The van der Waals surface area contributed by atoms with Gasteiger partial charge in [0.1, 0.15) is 10.8 Å². The predicted molar refractivity (Wildman–Crippen MR) is 105 cm³/mol. The fraction of sp³-hybridized carbons (Fsp3) is 0.316. The van der Waals surface area contributed by atoms with Crippen molar-refractivity contribution < 1.29 is 23.5 Å². The Morgan fingerprint density at radius 2 is 1.89 bits per heavy atom. The Hall–Kier alpha value is -2.78. The Kier molecular flexibility index (Phi) is 7.65. The van der Waals surface area contributed by atoms with Gasteiger partial charge in [0.15, 0.2) is 0 Å². The number of primary amides is 1. The second-order valence-corrected chi connectivity index (χ2v) is 6.97. The first-order valence-electron chi connectivity index (χ1n) is 8.68. The third-order valence-corrected chi connectivity index (χ3v) is 5.11. The Morgan fingerprint density at radius 3 is 2.50 bits per heavy atom. The predicted octanol–water partition coefficient (Wildman–Crippen LogP) is 2.24. The number of nitrogens with one attached hydrogen (secondary N) is 2. The Bertz CT molecular complexity index is 865. The summed E-state index contributed by atoms with van der Waals surface area (Å²) in [5.41, 5.74) is 6.80. The van der Waals surface area contributed by atoms with Crippen molar-refractivity contribution in [3.8, 4) is 0 Å². The second-order valence-electron chi connectivity index (χ2n) is 5.95. The highest BCUT2D eigenvalue weighted by molar-refractivity contribution is 7.18. The van der Waals surface area contributed by atoms with E-state index < -0.39 is 11.9 Å². The summed E-state index contributed by atoms with van der Waals surface area (Å²) in [6.45, 7) is 3.93. The van der Waals surface area contributed by atoms with Crippen molar-refractivity contribution in [2.45, 2.75) is 20.3 Å². The fourth-order valence-electron chi connectivity index (χ4n) is 2.54. The topological polar surface area (TPSA) is 111 Å². The number of nitrogens with two attached hydrogens (primary N) is 1. The number of esters is 1. The van der Waals surface area contributed by atoms with Gasteiger partial charge in [-0.05, 0) is 50.1 Å². The van der Waals surface area contributed by atoms with E-state index in [0.29, 0.717) is 18.5 Å². The maximum Gasteiger partial charge on any atom is 0.341 e. The van der Waals surface area contributed by atoms with Crippen molar-refractivity contribution in [3.05, 3.63) is 51.7 Å². The monoisotopic (exact) mass is 407 g/mol. The summed E-state index contributed by atoms with van der Waals surface area (Å²) in [5, 5.41) is 5.84. The average molecular weight is 407 g/mol. The summed E-state index contributed by atoms with van der Waals surface area (Å²) in [6.07, 6.45) is 0.631. The van der Waals surface area contributed by atoms with Crippen molar-refractivity contribution >= 4 is 34.1 Å². The van der Waals surface area contributed by atoms with Crippen LogP contribution in [-0.4, -0.2) is 37.5 Å². The molecule has 2 aromatic rings. The lowest BCUT2D eigenvalue weighted by Crippen LogP contribution is -2.29. The van der Waals surface area contributed by atoms with Gasteiger partial charge in [0.25, 0.3) is 5.91 Å². The molecule has 0 aliphatic carbocycles. The Labute approximate surface area is 166 Å². The molecule has 150 valence electrons. The van der Waals surface area contributed by atoms with Gasteiger partial charge in [-0.3, -0.25) is 9.59 Å². The molecule has 1 aromatic carbocycles. The number of hydrogen-bond donors (Lipinski definition) is 3. The first-order chi connectivity index (χ1) is 13.3. The molecule has 0 radical (unpaired) electrons. The zero-order chi connectivity index (χ0) is 20.7. The normalized spacial score (nSPS) is 10.5. The average Bonchev–Trinajstić information content (AvgIpc) is 2.96. The van der Waals surface area contributed by atoms with Crippen LogP contribution in [0.25, 0.3) is 0 Å². The minimum Gasteiger partial charge on any atom is -0.462 e. The molecule has 0 bridgehead atoms. The minimum absolute atomic E-state index is 0.00626. The van der Waals surface area contributed by atoms with Crippen LogP contribution in [0.2, 0.25) is 0 Å². The first kappa shape index (κ1) is 21.5. The molecule has 0 aliphatic heterocycles. The van der Waals surface area contributed by atoms with E-state index in [1.54, 1.807) is 26.0 Å². The molecule has 4 N–H and O–H groups in total. The van der Waals surface area contributed by atoms with Crippen LogP contribution in [0.4, 0.5) is 9.39 Å². The number of anilines is 1. The number of amides is 2. The van der Waals surface area contributed by atoms with E-state index in [-0.39, 0.29) is 40.3 Å². The van der Waals surface area contributed by atoms with Gasteiger partial charge in [0, 0.05) is 0 Å². The smallest absolute Gasteiger partial charge is 0.341 e. The fourth-order valence-corrected chi connectivity index (χ4v) is 3.61. The molecule has 7 nitrogen and oxygen atoms in total. The molecule has 0 saturated heterocycles. The molecule has 0 atom stereocenters. The molecule has 2 rings (SSSR count). The number of ether oxygens (including phenoxy) is 1. The largest absolute Gasteiger partial charge is 0.462 e. The molecule has 28 heavy (non-hydrogen) atoms. The lowest BCUT2D eigenvalue weighted by atomic mass is 10.1. The van der Waals surface area contributed by atoms with Crippen molar-refractivity contribution in [3.63, 3.8) is 0 Å². The maximum absolute atomic E-state index is 12.9. The summed E-state index contributed by atoms with van der Waals surface area (Å²) in [7, 11) is 0. The highest BCUT2D eigenvalue weighted by atomic mass is 32.1. The van der Waals surface area contributed by atoms with Gasteiger partial charge < -0.3 is 21.1 Å². The van der Waals surface area contributed by atoms with Crippen molar-refractivity contribution in [1.29, 1.82) is 0 Å². The molecular formula is C19H22FN3O4S. The summed E-state index contributed by atoms with van der Waals surface area (Å²) < 4.78 is 17.9. The summed E-state index contributed by atoms with van der Waals surface area (Å²) >= 11 is 0.944. The zero-order valence-corrected chi connectivity index (χ0v) is 16.5. The summed E-state index contributed by atoms with van der Waals surface area (Å²) in [6, 6.07) is 6.13. The van der Waals surface area contributed by atoms with E-state index in [0.717, 1.165) is 16.9 Å². The number of rotatable bonds is 9. The summed E-state index contributed by atoms with van der Waals surface area (Å²) in [5.74, 6) is -1.97. The van der Waals surface area contributed by atoms with E-state index >= 15 is 0 Å². The molecular weight excluding hydrogens is 385 g/mol. The van der Waals surface area contributed by atoms with E-state index in [1.807, 2.05) is 0 Å². The number of carbonyl (C=O) groups is 3. The number of hydrogen-bond acceptors (Lipinski definition) is 6. The van der Waals surface area contributed by atoms with Gasteiger partial charge in [-0.25, -0.2) is 9.18 Å². The molecule has 0 aliphatic rings. The van der Waals surface area contributed by atoms with E-state index in [1.165, 1.54) is 12.1 Å². The second kappa shape index (κ2) is 9.95. The van der Waals surface area contributed by atoms with Crippen LogP contribution in [0, 0.1) is 12.7 Å². The molecule has 0 spiro atoms. The van der Waals surface area contributed by atoms with Crippen molar-refractivity contribution in [2.24, 2.45) is 5.73 Å². The molecule has 1 aromatic heterocycles. The van der Waals surface area contributed by atoms with Crippen LogP contribution >= 0.6 is 11.3 Å². The molecule has 9 heteroatoms. The molecule has 2 amide bonds. The van der Waals surface area contributed by atoms with Gasteiger partial charge in [-0.1, -0.05) is 12.1 Å². The van der Waals surface area contributed by atoms with E-state index in [2.05, 4.69) is 10.6 Å². The van der Waals surface area contributed by atoms with Crippen LogP contribution in [0.5, 0.6) is 0 Å². The number of thiophene rings is 1. The van der Waals surface area contributed by atoms with Gasteiger partial charge in [0.05, 0.1) is 23.6 Å². The molecule has 0 fully saturated rings. The van der Waals surface area contributed by atoms with Crippen LogP contribution in [-0.2, 0) is 16.0 Å². The van der Waals surface area contributed by atoms with Crippen LogP contribution in [0.1, 0.15) is 38.1 Å². The minimum atomic E-state index is -0.675. The maximum atomic E-state index is 12.9. The van der Waals surface area contributed by atoms with Gasteiger partial charge >= 0.3 is 5.97 Å². The number of benzene rings is 1. The number of carbonyl (C=O) groups excluding carboxylic acids is 3. The summed E-state index contributed by atoms with van der Waals surface area (Å²) in [4.78, 5) is 36.1. The SMILES string of the molecule is CCOC(=O)c1c(NC(=O)CNCCc2ccc(F)cc2)sc(C(N)=O)c1C. The van der Waals surface area contributed by atoms with Gasteiger partial charge in [-0.15, -0.1) is 11.3 Å². The van der Waals surface area contributed by atoms with Crippen molar-refractivity contribution in [2.75, 3.05) is 25.0 Å². The van der Waals surface area contributed by atoms with Crippen molar-refractivity contribution in [1.82, 2.24) is 5.32 Å². The quantitative estimate of drug-likeness (QED) is 0.436. The molecule has 1 heterocycles. The van der Waals surface area contributed by atoms with E-state index in [4.69, 9.17) is 10.5 Å². The van der Waals surface area contributed by atoms with Crippen LogP contribution < -0.4 is 16.4 Å². The Morgan fingerprint density at radius 1 is 1.21 bits per heavy atom. The highest BCUT2D eigenvalue weighted by Gasteiger charge is 2.25. The van der Waals surface area contributed by atoms with Crippen LogP contribution in [0.15, 0.2) is 24.3 Å². The zero-order valence-electron chi connectivity index (χ0n) is 15.6. The highest BCUT2D eigenvalue weighted by Crippen LogP contribution is 2.33. The lowest BCUT2D eigenvalue weighted by Gasteiger charge is -2.08. The van der Waals surface area contributed by atoms with Gasteiger partial charge in [-0.2, -0.15) is 0 Å². The number of halogens is 1. The standard InChI is InChI=1S/C19H22FN3O4S/c1-3-27-19(26)15-11(2)16(17(21)25)28-18(15)23-14(24)10-22-9-8-12-4-6-13(20)7-5-12/h4-7,22H,3,8-10H2,1-2H3,(H2,21,25)(H,23,24). The van der Waals surface area contributed by atoms with Crippen LogP contribution in [0.3, 0.4) is 0 Å². The third-order valence-electron chi connectivity index (χ3n) is 3.89. The lowest BCUT2D eigenvalue weighted by molar-refractivity contribution is -0.115. The van der Waals surface area contributed by atoms with Gasteiger partial charge in [0.2, 0.25) is 5.91 Å². The first-order valence-corrected chi connectivity index (χ1v) is 9.50.